The number of halogens is 1. The molecule has 1 aromatic heterocycles. The summed E-state index contributed by atoms with van der Waals surface area (Å²) in [6, 6.07) is 8.71. The molecule has 2 N–H and O–H groups in total. The van der Waals surface area contributed by atoms with Crippen molar-refractivity contribution in [2.75, 3.05) is 17.2 Å². The minimum atomic E-state index is -0.313. The molecule has 116 valence electrons. The molecule has 0 radical (unpaired) electrons. The highest BCUT2D eigenvalue weighted by Gasteiger charge is 2.10. The largest absolute Gasteiger partial charge is 0.370 e. The van der Waals surface area contributed by atoms with Crippen molar-refractivity contribution in [3.63, 3.8) is 0 Å². The summed E-state index contributed by atoms with van der Waals surface area (Å²) >= 11 is 6.03. The van der Waals surface area contributed by atoms with Crippen LogP contribution in [0.5, 0.6) is 0 Å². The molecule has 0 bridgehead atoms. The molecule has 6 heteroatoms. The Bertz CT molecular complexity index is 633. The highest BCUT2D eigenvalue weighted by molar-refractivity contribution is 6.33. The van der Waals surface area contributed by atoms with Gasteiger partial charge in [0.15, 0.2) is 0 Å². The van der Waals surface area contributed by atoms with Gasteiger partial charge in [0.05, 0.1) is 10.7 Å². The fourth-order valence-electron chi connectivity index (χ4n) is 1.92. The molecule has 2 rings (SSSR count). The maximum Gasteiger partial charge on any atom is 0.274 e. The lowest BCUT2D eigenvalue weighted by Gasteiger charge is -2.08. The van der Waals surface area contributed by atoms with Crippen molar-refractivity contribution in [1.82, 2.24) is 9.97 Å². The lowest BCUT2D eigenvalue weighted by atomic mass is 10.2. The van der Waals surface area contributed by atoms with E-state index in [1.165, 1.54) is 6.33 Å². The van der Waals surface area contributed by atoms with Crippen molar-refractivity contribution < 1.29 is 4.79 Å². The second kappa shape index (κ2) is 8.34. The van der Waals surface area contributed by atoms with Gasteiger partial charge in [-0.15, -0.1) is 0 Å². The molecule has 0 aliphatic carbocycles. The van der Waals surface area contributed by atoms with Crippen molar-refractivity contribution in [2.45, 2.75) is 26.2 Å². The Morgan fingerprint density at radius 1 is 1.23 bits per heavy atom. The van der Waals surface area contributed by atoms with E-state index in [-0.39, 0.29) is 5.91 Å². The van der Waals surface area contributed by atoms with Gasteiger partial charge in [-0.3, -0.25) is 4.79 Å². The number of hydrogen-bond acceptors (Lipinski definition) is 4. The molecular weight excluding hydrogens is 300 g/mol. The van der Waals surface area contributed by atoms with E-state index >= 15 is 0 Å². The number of carbonyl (C=O) groups excluding carboxylic acids is 1. The van der Waals surface area contributed by atoms with Crippen LogP contribution in [0.2, 0.25) is 5.02 Å². The fourth-order valence-corrected chi connectivity index (χ4v) is 2.10. The number of benzene rings is 1. The molecule has 0 fully saturated rings. The lowest BCUT2D eigenvalue weighted by molar-refractivity contribution is 0.102. The lowest BCUT2D eigenvalue weighted by Crippen LogP contribution is -2.15. The van der Waals surface area contributed by atoms with E-state index in [1.807, 2.05) is 6.07 Å². The Hall–Kier alpha value is -2.14. The van der Waals surface area contributed by atoms with Gasteiger partial charge in [-0.2, -0.15) is 0 Å². The summed E-state index contributed by atoms with van der Waals surface area (Å²) in [6.45, 7) is 2.98. The zero-order chi connectivity index (χ0) is 15.8. The van der Waals surface area contributed by atoms with E-state index in [4.69, 9.17) is 11.6 Å². The number of amides is 1. The van der Waals surface area contributed by atoms with E-state index in [2.05, 4.69) is 27.5 Å². The minimum Gasteiger partial charge on any atom is -0.370 e. The van der Waals surface area contributed by atoms with Crippen LogP contribution < -0.4 is 10.6 Å². The Morgan fingerprint density at radius 3 is 2.82 bits per heavy atom. The first-order valence-electron chi connectivity index (χ1n) is 7.32. The molecule has 1 heterocycles. The van der Waals surface area contributed by atoms with Crippen LogP contribution in [0.1, 0.15) is 36.7 Å². The standard InChI is InChI=1S/C16H19ClN4O/c1-2-3-6-9-18-15-10-14(19-11-20-15)16(22)21-13-8-5-4-7-12(13)17/h4-5,7-8,10-11H,2-3,6,9H2,1H3,(H,21,22)(H,18,19,20). The highest BCUT2D eigenvalue weighted by atomic mass is 35.5. The van der Waals surface area contributed by atoms with Gasteiger partial charge in [0, 0.05) is 12.6 Å². The second-order valence-corrected chi connectivity index (χ2v) is 5.26. The zero-order valence-corrected chi connectivity index (χ0v) is 13.2. The quantitative estimate of drug-likeness (QED) is 0.758. The van der Waals surface area contributed by atoms with Crippen LogP contribution in [0.4, 0.5) is 11.5 Å². The first-order chi connectivity index (χ1) is 10.7. The Kier molecular flexibility index (Phi) is 6.15. The zero-order valence-electron chi connectivity index (χ0n) is 12.5. The number of anilines is 2. The Balaban J connectivity index is 1.99. The maximum absolute atomic E-state index is 12.2. The van der Waals surface area contributed by atoms with E-state index in [0.717, 1.165) is 25.8 Å². The van der Waals surface area contributed by atoms with Gasteiger partial charge in [-0.25, -0.2) is 9.97 Å². The third-order valence-electron chi connectivity index (χ3n) is 3.11. The van der Waals surface area contributed by atoms with Gasteiger partial charge >= 0.3 is 0 Å². The number of para-hydroxylation sites is 1. The molecule has 2 aromatic rings. The third kappa shape index (κ3) is 4.70. The molecule has 0 aliphatic heterocycles. The van der Waals surface area contributed by atoms with Crippen molar-refractivity contribution in [1.29, 1.82) is 0 Å². The normalized spacial score (nSPS) is 10.3. The van der Waals surface area contributed by atoms with Gasteiger partial charge in [-0.1, -0.05) is 43.5 Å². The van der Waals surface area contributed by atoms with Crippen LogP contribution in [0, 0.1) is 0 Å². The number of unbranched alkanes of at least 4 members (excludes halogenated alkanes) is 2. The van der Waals surface area contributed by atoms with E-state index in [1.54, 1.807) is 24.3 Å². The summed E-state index contributed by atoms with van der Waals surface area (Å²) in [6.07, 6.45) is 4.78. The number of aromatic nitrogens is 2. The molecule has 0 atom stereocenters. The topological polar surface area (TPSA) is 66.9 Å². The first-order valence-corrected chi connectivity index (χ1v) is 7.70. The highest BCUT2D eigenvalue weighted by Crippen LogP contribution is 2.21. The van der Waals surface area contributed by atoms with Gasteiger partial charge < -0.3 is 10.6 Å². The van der Waals surface area contributed by atoms with Crippen LogP contribution in [0.15, 0.2) is 36.7 Å². The average Bonchev–Trinajstić information content (AvgIpc) is 2.54. The molecule has 5 nitrogen and oxygen atoms in total. The van der Waals surface area contributed by atoms with Crippen molar-refractivity contribution in [2.24, 2.45) is 0 Å². The smallest absolute Gasteiger partial charge is 0.274 e. The summed E-state index contributed by atoms with van der Waals surface area (Å²) in [7, 11) is 0. The van der Waals surface area contributed by atoms with Crippen LogP contribution in [0.3, 0.4) is 0 Å². The average molecular weight is 319 g/mol. The van der Waals surface area contributed by atoms with E-state index in [0.29, 0.717) is 22.2 Å². The van der Waals surface area contributed by atoms with Crippen LogP contribution in [-0.4, -0.2) is 22.4 Å². The third-order valence-corrected chi connectivity index (χ3v) is 3.44. The van der Waals surface area contributed by atoms with Crippen molar-refractivity contribution in [3.05, 3.63) is 47.4 Å². The first kappa shape index (κ1) is 16.2. The summed E-state index contributed by atoms with van der Waals surface area (Å²) in [4.78, 5) is 20.3. The number of nitrogens with one attached hydrogen (secondary N) is 2. The van der Waals surface area contributed by atoms with Gasteiger partial charge in [0.25, 0.3) is 5.91 Å². The van der Waals surface area contributed by atoms with Crippen LogP contribution in [0.25, 0.3) is 0 Å². The molecular formula is C16H19ClN4O. The van der Waals surface area contributed by atoms with Gasteiger partial charge in [0.1, 0.15) is 17.8 Å². The second-order valence-electron chi connectivity index (χ2n) is 4.86. The fraction of sp³-hybridized carbons (Fsp3) is 0.312. The Labute approximate surface area is 135 Å². The monoisotopic (exact) mass is 318 g/mol. The van der Waals surface area contributed by atoms with Gasteiger partial charge in [-0.05, 0) is 18.6 Å². The maximum atomic E-state index is 12.2. The minimum absolute atomic E-state index is 0.299. The summed E-state index contributed by atoms with van der Waals surface area (Å²) in [5.41, 5.74) is 0.859. The SMILES string of the molecule is CCCCCNc1cc(C(=O)Nc2ccccc2Cl)ncn1. The molecule has 0 spiro atoms. The predicted octanol–water partition coefficient (Wildman–Crippen LogP) is 3.98. The Morgan fingerprint density at radius 2 is 2.05 bits per heavy atom. The summed E-state index contributed by atoms with van der Waals surface area (Å²) in [5.74, 6) is 0.336. The number of rotatable bonds is 7. The molecule has 0 unspecified atom stereocenters. The molecule has 1 aromatic carbocycles. The van der Waals surface area contributed by atoms with Crippen molar-refractivity contribution in [3.8, 4) is 0 Å². The number of carbonyl (C=O) groups is 1. The molecule has 0 saturated carbocycles. The van der Waals surface area contributed by atoms with Crippen LogP contribution in [-0.2, 0) is 0 Å². The van der Waals surface area contributed by atoms with Gasteiger partial charge in [0.2, 0.25) is 0 Å². The predicted molar refractivity (Wildman–Crippen MR) is 89.5 cm³/mol. The number of nitrogens with zero attached hydrogens (tertiary/aromatic N) is 2. The summed E-state index contributed by atoms with van der Waals surface area (Å²) in [5, 5.41) is 6.42. The van der Waals surface area contributed by atoms with Crippen LogP contribution >= 0.6 is 11.6 Å². The summed E-state index contributed by atoms with van der Waals surface area (Å²) < 4.78 is 0. The number of hydrogen-bond donors (Lipinski definition) is 2. The van der Waals surface area contributed by atoms with Crippen molar-refractivity contribution >= 4 is 29.0 Å². The molecule has 22 heavy (non-hydrogen) atoms. The molecule has 0 saturated heterocycles. The van der Waals surface area contributed by atoms with E-state index < -0.39 is 0 Å². The molecule has 0 aliphatic rings. The molecule has 1 amide bonds. The van der Waals surface area contributed by atoms with E-state index in [9.17, 15) is 4.79 Å².